The van der Waals surface area contributed by atoms with E-state index in [2.05, 4.69) is 20.5 Å². The van der Waals surface area contributed by atoms with Crippen molar-refractivity contribution in [3.05, 3.63) is 32.6 Å². The van der Waals surface area contributed by atoms with E-state index in [0.717, 1.165) is 17.7 Å². The van der Waals surface area contributed by atoms with Crippen LogP contribution in [0.2, 0.25) is 0 Å². The minimum absolute atomic E-state index is 0.280. The summed E-state index contributed by atoms with van der Waals surface area (Å²) in [5.41, 5.74) is -0.970. The summed E-state index contributed by atoms with van der Waals surface area (Å²) in [6, 6.07) is -1.12. The number of carbonyl (C=O) groups is 2. The summed E-state index contributed by atoms with van der Waals surface area (Å²) in [6.07, 6.45) is 1.26. The molecule has 11 heteroatoms. The molecule has 0 spiro atoms. The average molecular weight is 383 g/mol. The standard InChI is InChI=1S/C16H25N5O6/c1-11-8-21(16(26)19-14(11)24)9-13(23)18-12(10-22)15(25)17-2-3-20-4-6-27-7-5-20/h8,12,22H,2-7,9-10H2,1H3,(H,17,25)(H,18,23)(H,19,24,26). The predicted molar refractivity (Wildman–Crippen MR) is 95.3 cm³/mol. The maximum atomic E-state index is 12.1. The second-order valence-corrected chi connectivity index (χ2v) is 6.25. The number of hydrogen-bond acceptors (Lipinski definition) is 7. The third-order valence-corrected chi connectivity index (χ3v) is 4.17. The summed E-state index contributed by atoms with van der Waals surface area (Å²) in [7, 11) is 0. The Labute approximate surface area is 155 Å². The van der Waals surface area contributed by atoms with Gasteiger partial charge in [0.15, 0.2) is 0 Å². The van der Waals surface area contributed by atoms with E-state index in [0.29, 0.717) is 26.3 Å². The van der Waals surface area contributed by atoms with Crippen molar-refractivity contribution < 1.29 is 19.4 Å². The Morgan fingerprint density at radius 3 is 2.70 bits per heavy atom. The lowest BCUT2D eigenvalue weighted by atomic mass is 10.2. The van der Waals surface area contributed by atoms with Crippen LogP contribution in [0.15, 0.2) is 15.8 Å². The van der Waals surface area contributed by atoms with Gasteiger partial charge in [-0.25, -0.2) is 4.79 Å². The molecular weight excluding hydrogens is 358 g/mol. The van der Waals surface area contributed by atoms with Crippen LogP contribution in [-0.2, 0) is 20.9 Å². The van der Waals surface area contributed by atoms with E-state index in [1.165, 1.54) is 13.1 Å². The quantitative estimate of drug-likeness (QED) is 0.369. The molecule has 2 heterocycles. The van der Waals surface area contributed by atoms with Crippen molar-refractivity contribution in [2.24, 2.45) is 0 Å². The number of aryl methyl sites for hydroxylation is 1. The van der Waals surface area contributed by atoms with Crippen molar-refractivity contribution in [2.75, 3.05) is 46.0 Å². The van der Waals surface area contributed by atoms with E-state index in [-0.39, 0.29) is 12.1 Å². The lowest BCUT2D eigenvalue weighted by molar-refractivity contribution is -0.130. The van der Waals surface area contributed by atoms with Crippen molar-refractivity contribution >= 4 is 11.8 Å². The highest BCUT2D eigenvalue weighted by Gasteiger charge is 2.20. The van der Waals surface area contributed by atoms with E-state index >= 15 is 0 Å². The molecule has 4 N–H and O–H groups in total. The molecule has 1 atom stereocenters. The first-order chi connectivity index (χ1) is 12.9. The van der Waals surface area contributed by atoms with Gasteiger partial charge in [0.25, 0.3) is 5.56 Å². The summed E-state index contributed by atoms with van der Waals surface area (Å²) in [5.74, 6) is -1.14. The topological polar surface area (TPSA) is 146 Å². The second-order valence-electron chi connectivity index (χ2n) is 6.25. The molecule has 2 rings (SSSR count). The molecule has 0 saturated carbocycles. The van der Waals surface area contributed by atoms with Gasteiger partial charge >= 0.3 is 5.69 Å². The summed E-state index contributed by atoms with van der Waals surface area (Å²) in [5, 5.41) is 14.4. The molecule has 1 unspecified atom stereocenters. The van der Waals surface area contributed by atoms with Gasteiger partial charge in [-0.1, -0.05) is 0 Å². The third kappa shape index (κ3) is 6.31. The summed E-state index contributed by atoms with van der Waals surface area (Å²) < 4.78 is 6.27. The number of amides is 2. The average Bonchev–Trinajstić information content (AvgIpc) is 2.65. The Morgan fingerprint density at radius 1 is 1.33 bits per heavy atom. The van der Waals surface area contributed by atoms with Crippen molar-refractivity contribution in [3.63, 3.8) is 0 Å². The van der Waals surface area contributed by atoms with Crippen molar-refractivity contribution in [1.82, 2.24) is 25.1 Å². The fourth-order valence-corrected chi connectivity index (χ4v) is 2.61. The maximum absolute atomic E-state index is 12.1. The highest BCUT2D eigenvalue weighted by molar-refractivity contribution is 5.87. The number of nitrogens with one attached hydrogen (secondary N) is 3. The zero-order valence-electron chi connectivity index (χ0n) is 15.2. The van der Waals surface area contributed by atoms with Crippen LogP contribution >= 0.6 is 0 Å². The highest BCUT2D eigenvalue weighted by atomic mass is 16.5. The lowest BCUT2D eigenvalue weighted by Crippen LogP contribution is -2.51. The van der Waals surface area contributed by atoms with Gasteiger partial charge in [-0.3, -0.25) is 28.8 Å². The molecule has 0 radical (unpaired) electrons. The van der Waals surface area contributed by atoms with Crippen LogP contribution in [0.1, 0.15) is 5.56 Å². The van der Waals surface area contributed by atoms with Gasteiger partial charge in [0.1, 0.15) is 12.6 Å². The van der Waals surface area contributed by atoms with Crippen molar-refractivity contribution in [3.8, 4) is 0 Å². The molecule has 0 aliphatic carbocycles. The van der Waals surface area contributed by atoms with E-state index in [1.807, 2.05) is 0 Å². The van der Waals surface area contributed by atoms with Gasteiger partial charge in [-0.2, -0.15) is 0 Å². The number of morpholine rings is 1. The molecule has 11 nitrogen and oxygen atoms in total. The second kappa shape index (κ2) is 10.00. The van der Waals surface area contributed by atoms with Gasteiger partial charge in [-0.05, 0) is 6.92 Å². The zero-order valence-corrected chi connectivity index (χ0v) is 15.2. The third-order valence-electron chi connectivity index (χ3n) is 4.17. The molecule has 0 bridgehead atoms. The number of hydrogen-bond donors (Lipinski definition) is 4. The first-order valence-electron chi connectivity index (χ1n) is 8.69. The highest BCUT2D eigenvalue weighted by Crippen LogP contribution is 1.95. The first kappa shape index (κ1) is 20.8. The monoisotopic (exact) mass is 383 g/mol. The first-order valence-corrected chi connectivity index (χ1v) is 8.69. The molecule has 1 aromatic rings. The van der Waals surface area contributed by atoms with Crippen LogP contribution in [0.25, 0.3) is 0 Å². The fraction of sp³-hybridized carbons (Fsp3) is 0.625. The Morgan fingerprint density at radius 2 is 2.04 bits per heavy atom. The van der Waals surface area contributed by atoms with Crippen LogP contribution in [0.3, 0.4) is 0 Å². The minimum Gasteiger partial charge on any atom is -0.394 e. The van der Waals surface area contributed by atoms with Gasteiger partial charge < -0.3 is 20.5 Å². The zero-order chi connectivity index (χ0) is 19.8. The van der Waals surface area contributed by atoms with Crippen LogP contribution in [0.5, 0.6) is 0 Å². The molecule has 150 valence electrons. The molecule has 1 aliphatic heterocycles. The Balaban J connectivity index is 1.83. The van der Waals surface area contributed by atoms with Gasteiger partial charge in [0.2, 0.25) is 11.8 Å². The normalized spacial score (nSPS) is 15.9. The molecule has 1 aromatic heterocycles. The van der Waals surface area contributed by atoms with E-state index in [9.17, 15) is 24.3 Å². The molecule has 1 aliphatic rings. The number of rotatable bonds is 8. The van der Waals surface area contributed by atoms with E-state index < -0.39 is 35.7 Å². The van der Waals surface area contributed by atoms with Crippen molar-refractivity contribution in [1.29, 1.82) is 0 Å². The number of nitrogens with zero attached hydrogens (tertiary/aromatic N) is 2. The summed E-state index contributed by atoms with van der Waals surface area (Å²) >= 11 is 0. The Bertz CT molecular complexity index is 767. The summed E-state index contributed by atoms with van der Waals surface area (Å²) in [6.45, 7) is 4.48. The van der Waals surface area contributed by atoms with E-state index in [4.69, 9.17) is 4.74 Å². The number of aromatic nitrogens is 2. The molecule has 1 fully saturated rings. The number of carbonyl (C=O) groups excluding carboxylic acids is 2. The number of H-pyrrole nitrogens is 1. The Hall–Kier alpha value is -2.50. The number of aliphatic hydroxyl groups excluding tert-OH is 1. The van der Waals surface area contributed by atoms with E-state index in [1.54, 1.807) is 0 Å². The Kier molecular flexibility index (Phi) is 7.70. The van der Waals surface area contributed by atoms with Gasteiger partial charge in [-0.15, -0.1) is 0 Å². The SMILES string of the molecule is Cc1cn(CC(=O)NC(CO)C(=O)NCCN2CCOCC2)c(=O)[nH]c1=O. The molecular formula is C16H25N5O6. The molecule has 0 aromatic carbocycles. The smallest absolute Gasteiger partial charge is 0.328 e. The lowest BCUT2D eigenvalue weighted by Gasteiger charge is -2.26. The molecule has 1 saturated heterocycles. The number of aliphatic hydroxyl groups is 1. The van der Waals surface area contributed by atoms with Crippen LogP contribution in [0, 0.1) is 6.92 Å². The molecule has 2 amide bonds. The maximum Gasteiger partial charge on any atom is 0.328 e. The number of aromatic amines is 1. The van der Waals surface area contributed by atoms with Crippen LogP contribution in [0.4, 0.5) is 0 Å². The molecule has 27 heavy (non-hydrogen) atoms. The van der Waals surface area contributed by atoms with Crippen LogP contribution < -0.4 is 21.9 Å². The minimum atomic E-state index is -1.12. The van der Waals surface area contributed by atoms with Gasteiger partial charge in [0.05, 0.1) is 19.8 Å². The largest absolute Gasteiger partial charge is 0.394 e. The van der Waals surface area contributed by atoms with Gasteiger partial charge in [0, 0.05) is 37.9 Å². The summed E-state index contributed by atoms with van der Waals surface area (Å²) in [4.78, 5) is 51.5. The number of ether oxygens (including phenoxy) is 1. The predicted octanol–water partition coefficient (Wildman–Crippen LogP) is -3.23. The fourth-order valence-electron chi connectivity index (χ4n) is 2.61. The van der Waals surface area contributed by atoms with Crippen LogP contribution in [-0.4, -0.2) is 83.4 Å². The van der Waals surface area contributed by atoms with Crippen molar-refractivity contribution in [2.45, 2.75) is 19.5 Å².